The quantitative estimate of drug-likeness (QED) is 0.833. The van der Waals surface area contributed by atoms with E-state index in [2.05, 4.69) is 5.32 Å². The fourth-order valence-electron chi connectivity index (χ4n) is 1.95. The normalized spacial score (nSPS) is 20.8. The van der Waals surface area contributed by atoms with Crippen LogP contribution in [0, 0.1) is 0 Å². The molecule has 0 aromatic heterocycles. The number of piperidine rings is 1. The van der Waals surface area contributed by atoms with Crippen LogP contribution in [-0.2, 0) is 14.9 Å². The van der Waals surface area contributed by atoms with Crippen molar-refractivity contribution in [2.75, 3.05) is 27.2 Å². The van der Waals surface area contributed by atoms with Gasteiger partial charge in [0.25, 0.3) is 0 Å². The third-order valence-corrected chi connectivity index (χ3v) is 4.75. The molecule has 1 amide bonds. The molecule has 1 saturated heterocycles. The fraction of sp³-hybridized carbons (Fsp3) is 0.917. The predicted molar refractivity (Wildman–Crippen MR) is 76.6 cm³/mol. The average molecular weight is 307 g/mol. The van der Waals surface area contributed by atoms with Crippen molar-refractivity contribution in [2.45, 2.75) is 45.3 Å². The van der Waals surface area contributed by atoms with Crippen LogP contribution in [0.1, 0.15) is 33.6 Å². The van der Waals surface area contributed by atoms with Crippen molar-refractivity contribution < 1.29 is 17.9 Å². The summed E-state index contributed by atoms with van der Waals surface area (Å²) in [4.78, 5) is 12.3. The second kappa shape index (κ2) is 6.28. The van der Waals surface area contributed by atoms with Gasteiger partial charge in [0.05, 0.1) is 6.04 Å². The maximum Gasteiger partial charge on any atom is 0.425 e. The second-order valence-corrected chi connectivity index (χ2v) is 8.09. The molecule has 1 fully saturated rings. The summed E-state index contributed by atoms with van der Waals surface area (Å²) in [7, 11) is -1.05. The summed E-state index contributed by atoms with van der Waals surface area (Å²) in [5.41, 5.74) is -0.737. The van der Waals surface area contributed by atoms with Crippen LogP contribution in [0.5, 0.6) is 0 Å². The molecule has 1 rings (SSSR count). The lowest BCUT2D eigenvalue weighted by Crippen LogP contribution is -2.55. The molecule has 0 saturated carbocycles. The van der Waals surface area contributed by atoms with Crippen LogP contribution in [0.2, 0.25) is 0 Å². The molecular formula is C12H25N3O4S. The lowest BCUT2D eigenvalue weighted by atomic mass is 10.1. The zero-order valence-electron chi connectivity index (χ0n) is 12.8. The van der Waals surface area contributed by atoms with E-state index < -0.39 is 27.9 Å². The van der Waals surface area contributed by atoms with Gasteiger partial charge in [-0.15, -0.1) is 0 Å². The molecule has 0 spiro atoms. The first-order valence-corrected chi connectivity index (χ1v) is 8.11. The average Bonchev–Trinajstić information content (AvgIpc) is 2.27. The van der Waals surface area contributed by atoms with Crippen molar-refractivity contribution in [1.82, 2.24) is 13.9 Å². The van der Waals surface area contributed by atoms with E-state index in [1.165, 1.54) is 14.1 Å². The van der Waals surface area contributed by atoms with Crippen LogP contribution in [0.15, 0.2) is 0 Å². The Labute approximate surface area is 121 Å². The minimum Gasteiger partial charge on any atom is -0.443 e. The van der Waals surface area contributed by atoms with Crippen LogP contribution in [0.25, 0.3) is 0 Å². The fourth-order valence-corrected chi connectivity index (χ4v) is 3.08. The molecule has 0 aromatic carbocycles. The van der Waals surface area contributed by atoms with Gasteiger partial charge < -0.3 is 10.1 Å². The summed E-state index contributed by atoms with van der Waals surface area (Å²) < 4.78 is 31.9. The first-order valence-electron chi connectivity index (χ1n) is 6.71. The van der Waals surface area contributed by atoms with Gasteiger partial charge in [0.15, 0.2) is 0 Å². The van der Waals surface area contributed by atoms with E-state index in [4.69, 9.17) is 4.74 Å². The number of nitrogens with zero attached hydrogens (tertiary/aromatic N) is 2. The first-order chi connectivity index (χ1) is 9.05. The predicted octanol–water partition coefficient (Wildman–Crippen LogP) is 0.782. The second-order valence-electron chi connectivity index (χ2n) is 6.07. The first kappa shape index (κ1) is 17.2. The summed E-state index contributed by atoms with van der Waals surface area (Å²) in [5.74, 6) is 0. The standard InChI is InChI=1S/C12H25N3O4S/c1-12(2,3)19-11(16)15(20(17,18)14(4)5)10-7-6-8-13-9-10/h10,13H,6-9H2,1-5H3. The van der Waals surface area contributed by atoms with Gasteiger partial charge in [-0.2, -0.15) is 17.0 Å². The Morgan fingerprint density at radius 2 is 1.90 bits per heavy atom. The monoisotopic (exact) mass is 307 g/mol. The zero-order chi connectivity index (χ0) is 15.6. The van der Waals surface area contributed by atoms with Gasteiger partial charge in [-0.05, 0) is 40.2 Å². The number of carbonyl (C=O) groups excluding carboxylic acids is 1. The van der Waals surface area contributed by atoms with E-state index in [0.717, 1.165) is 21.6 Å². The molecule has 0 radical (unpaired) electrons. The van der Waals surface area contributed by atoms with Crippen LogP contribution in [-0.4, -0.2) is 61.9 Å². The lowest BCUT2D eigenvalue weighted by molar-refractivity contribution is 0.0314. The van der Waals surface area contributed by atoms with Gasteiger partial charge in [0.1, 0.15) is 5.60 Å². The summed E-state index contributed by atoms with van der Waals surface area (Å²) in [6, 6.07) is -0.411. The number of nitrogens with one attached hydrogen (secondary N) is 1. The molecular weight excluding hydrogens is 282 g/mol. The van der Waals surface area contributed by atoms with Crippen molar-refractivity contribution in [3.05, 3.63) is 0 Å². The summed E-state index contributed by atoms with van der Waals surface area (Å²) in [5, 5.41) is 3.11. The Balaban J connectivity index is 3.04. The Morgan fingerprint density at radius 1 is 1.30 bits per heavy atom. The molecule has 1 heterocycles. The van der Waals surface area contributed by atoms with E-state index in [0.29, 0.717) is 13.0 Å². The van der Waals surface area contributed by atoms with Gasteiger partial charge in [-0.3, -0.25) is 0 Å². The zero-order valence-corrected chi connectivity index (χ0v) is 13.7. The van der Waals surface area contributed by atoms with Crippen molar-refractivity contribution in [3.63, 3.8) is 0 Å². The van der Waals surface area contributed by atoms with Gasteiger partial charge in [0.2, 0.25) is 0 Å². The molecule has 1 N–H and O–H groups in total. The molecule has 1 aliphatic heterocycles. The Kier molecular flexibility index (Phi) is 5.39. The maximum absolute atomic E-state index is 12.4. The number of hydrogen-bond donors (Lipinski definition) is 1. The highest BCUT2D eigenvalue weighted by atomic mass is 32.2. The largest absolute Gasteiger partial charge is 0.443 e. The lowest BCUT2D eigenvalue weighted by Gasteiger charge is -2.36. The van der Waals surface area contributed by atoms with E-state index >= 15 is 0 Å². The topological polar surface area (TPSA) is 79.0 Å². The molecule has 1 aliphatic rings. The van der Waals surface area contributed by atoms with E-state index in [-0.39, 0.29) is 0 Å². The molecule has 0 aromatic rings. The molecule has 1 atom stereocenters. The minimum atomic E-state index is -3.86. The highest BCUT2D eigenvalue weighted by molar-refractivity contribution is 7.87. The van der Waals surface area contributed by atoms with Gasteiger partial charge in [-0.25, -0.2) is 4.79 Å². The molecule has 0 bridgehead atoms. The van der Waals surface area contributed by atoms with E-state index in [9.17, 15) is 13.2 Å². The SMILES string of the molecule is CN(C)S(=O)(=O)N(C(=O)OC(C)(C)C)C1CCCNC1. The van der Waals surface area contributed by atoms with Gasteiger partial charge in [0, 0.05) is 20.6 Å². The highest BCUT2D eigenvalue weighted by Gasteiger charge is 2.39. The Hall–Kier alpha value is -0.860. The van der Waals surface area contributed by atoms with Crippen LogP contribution in [0.4, 0.5) is 4.79 Å². The number of carbonyl (C=O) groups is 1. The summed E-state index contributed by atoms with van der Waals surface area (Å²) in [6.07, 6.45) is 0.645. The number of hydrogen-bond acceptors (Lipinski definition) is 5. The van der Waals surface area contributed by atoms with Crippen molar-refractivity contribution >= 4 is 16.3 Å². The van der Waals surface area contributed by atoms with Crippen LogP contribution < -0.4 is 5.32 Å². The summed E-state index contributed by atoms with van der Waals surface area (Å²) >= 11 is 0. The third kappa shape index (κ3) is 4.32. The number of rotatable bonds is 3. The minimum absolute atomic E-state index is 0.411. The van der Waals surface area contributed by atoms with Crippen LogP contribution in [0.3, 0.4) is 0 Å². The molecule has 20 heavy (non-hydrogen) atoms. The maximum atomic E-state index is 12.4. The Bertz CT molecular complexity index is 436. The van der Waals surface area contributed by atoms with E-state index in [1.807, 2.05) is 0 Å². The van der Waals surface area contributed by atoms with Crippen molar-refractivity contribution in [2.24, 2.45) is 0 Å². The number of amides is 1. The third-order valence-electron chi connectivity index (χ3n) is 2.89. The Morgan fingerprint density at radius 3 is 2.30 bits per heavy atom. The number of ether oxygens (including phenoxy) is 1. The van der Waals surface area contributed by atoms with E-state index in [1.54, 1.807) is 20.8 Å². The van der Waals surface area contributed by atoms with Gasteiger partial charge >= 0.3 is 16.3 Å². The molecule has 7 nitrogen and oxygen atoms in total. The molecule has 8 heteroatoms. The van der Waals surface area contributed by atoms with Crippen molar-refractivity contribution in [3.8, 4) is 0 Å². The summed E-state index contributed by atoms with van der Waals surface area (Å²) in [6.45, 7) is 6.42. The smallest absolute Gasteiger partial charge is 0.425 e. The molecule has 0 aliphatic carbocycles. The molecule has 118 valence electrons. The highest BCUT2D eigenvalue weighted by Crippen LogP contribution is 2.20. The van der Waals surface area contributed by atoms with Crippen LogP contribution >= 0.6 is 0 Å². The molecule has 1 unspecified atom stereocenters. The van der Waals surface area contributed by atoms with Gasteiger partial charge in [-0.1, -0.05) is 0 Å². The van der Waals surface area contributed by atoms with Crippen molar-refractivity contribution in [1.29, 1.82) is 0 Å².